The molecule has 4 heteroatoms. The Hall–Kier alpha value is -1.39. The first kappa shape index (κ1) is 11.7. The van der Waals surface area contributed by atoms with Gasteiger partial charge in [-0.05, 0) is 47.6 Å². The Morgan fingerprint density at radius 1 is 1.33 bits per heavy atom. The Morgan fingerprint density at radius 2 is 2.28 bits per heavy atom. The fourth-order valence-corrected chi connectivity index (χ4v) is 3.04. The largest absolute Gasteiger partial charge is 0.508 e. The Labute approximate surface area is 111 Å². The maximum absolute atomic E-state index is 9.80. The number of fused-ring (bicyclic) bond motifs is 1. The van der Waals surface area contributed by atoms with E-state index in [1.807, 2.05) is 12.3 Å². The first-order chi connectivity index (χ1) is 8.83. The highest BCUT2D eigenvalue weighted by Crippen LogP contribution is 2.26. The van der Waals surface area contributed by atoms with Crippen molar-refractivity contribution < 1.29 is 5.11 Å². The topological polar surface area (TPSA) is 36.4 Å². The quantitative estimate of drug-likeness (QED) is 0.921. The van der Waals surface area contributed by atoms with Gasteiger partial charge in [0.2, 0.25) is 0 Å². The van der Waals surface area contributed by atoms with E-state index in [1.165, 1.54) is 10.4 Å². The predicted molar refractivity (Wildman–Crippen MR) is 72.9 cm³/mol. The van der Waals surface area contributed by atoms with E-state index in [9.17, 15) is 5.11 Å². The fourth-order valence-electron chi connectivity index (χ4n) is 2.48. The van der Waals surface area contributed by atoms with E-state index in [1.54, 1.807) is 17.6 Å². The van der Waals surface area contributed by atoms with Gasteiger partial charge in [-0.25, -0.2) is 4.37 Å². The van der Waals surface area contributed by atoms with Gasteiger partial charge in [0, 0.05) is 30.7 Å². The summed E-state index contributed by atoms with van der Waals surface area (Å²) in [5, 5.41) is 9.80. The number of phenolic OH excluding ortho intramolecular Hbond substituents is 1. The van der Waals surface area contributed by atoms with Crippen LogP contribution in [-0.4, -0.2) is 27.5 Å². The van der Waals surface area contributed by atoms with E-state index in [2.05, 4.69) is 21.4 Å². The SMILES string of the molecule is Oc1cccc2c1CCN(CCc1ccns1)C2. The molecule has 2 heterocycles. The lowest BCUT2D eigenvalue weighted by molar-refractivity contribution is 0.255. The summed E-state index contributed by atoms with van der Waals surface area (Å²) in [5.74, 6) is 0.453. The van der Waals surface area contributed by atoms with Crippen LogP contribution in [0.3, 0.4) is 0 Å². The average molecular weight is 260 g/mol. The highest BCUT2D eigenvalue weighted by molar-refractivity contribution is 7.05. The van der Waals surface area contributed by atoms with Gasteiger partial charge in [-0.1, -0.05) is 12.1 Å². The van der Waals surface area contributed by atoms with Gasteiger partial charge in [-0.2, -0.15) is 0 Å². The van der Waals surface area contributed by atoms with Crippen molar-refractivity contribution in [2.45, 2.75) is 19.4 Å². The number of nitrogens with zero attached hydrogens (tertiary/aromatic N) is 2. The predicted octanol–water partition coefficient (Wildman–Crippen LogP) is 2.45. The van der Waals surface area contributed by atoms with E-state index in [0.29, 0.717) is 5.75 Å². The summed E-state index contributed by atoms with van der Waals surface area (Å²) < 4.78 is 4.12. The highest BCUT2D eigenvalue weighted by Gasteiger charge is 2.18. The summed E-state index contributed by atoms with van der Waals surface area (Å²) in [6.45, 7) is 3.04. The summed E-state index contributed by atoms with van der Waals surface area (Å²) in [4.78, 5) is 3.79. The summed E-state index contributed by atoms with van der Waals surface area (Å²) >= 11 is 1.58. The number of aromatic nitrogens is 1. The van der Waals surface area contributed by atoms with E-state index >= 15 is 0 Å². The van der Waals surface area contributed by atoms with Gasteiger partial charge in [0.1, 0.15) is 5.75 Å². The van der Waals surface area contributed by atoms with Crippen LogP contribution >= 0.6 is 11.5 Å². The molecule has 0 radical (unpaired) electrons. The highest BCUT2D eigenvalue weighted by atomic mass is 32.1. The number of benzene rings is 1. The molecule has 3 rings (SSSR count). The third-order valence-corrected chi connectivity index (χ3v) is 4.29. The van der Waals surface area contributed by atoms with Crippen molar-refractivity contribution in [3.63, 3.8) is 0 Å². The van der Waals surface area contributed by atoms with Gasteiger partial charge in [-0.3, -0.25) is 4.90 Å². The molecule has 0 saturated heterocycles. The van der Waals surface area contributed by atoms with Crippen LogP contribution in [0.5, 0.6) is 5.75 Å². The van der Waals surface area contributed by atoms with Crippen LogP contribution in [0, 0.1) is 0 Å². The first-order valence-electron chi connectivity index (χ1n) is 6.24. The third-order valence-electron chi connectivity index (χ3n) is 3.49. The van der Waals surface area contributed by atoms with Crippen molar-refractivity contribution in [2.24, 2.45) is 0 Å². The van der Waals surface area contributed by atoms with Crippen LogP contribution in [0.25, 0.3) is 0 Å². The van der Waals surface area contributed by atoms with Gasteiger partial charge in [0.25, 0.3) is 0 Å². The van der Waals surface area contributed by atoms with E-state index in [4.69, 9.17) is 0 Å². The minimum Gasteiger partial charge on any atom is -0.508 e. The number of hydrogen-bond donors (Lipinski definition) is 1. The lowest BCUT2D eigenvalue weighted by Gasteiger charge is -2.28. The molecule has 0 aliphatic carbocycles. The molecule has 0 atom stereocenters. The van der Waals surface area contributed by atoms with Crippen LogP contribution in [-0.2, 0) is 19.4 Å². The van der Waals surface area contributed by atoms with Gasteiger partial charge < -0.3 is 5.11 Å². The number of aromatic hydroxyl groups is 1. The molecule has 0 bridgehead atoms. The zero-order chi connectivity index (χ0) is 12.4. The summed E-state index contributed by atoms with van der Waals surface area (Å²) in [6, 6.07) is 7.93. The van der Waals surface area contributed by atoms with Crippen LogP contribution in [0.4, 0.5) is 0 Å². The van der Waals surface area contributed by atoms with Gasteiger partial charge >= 0.3 is 0 Å². The van der Waals surface area contributed by atoms with E-state index in [-0.39, 0.29) is 0 Å². The monoisotopic (exact) mass is 260 g/mol. The molecule has 0 saturated carbocycles. The molecule has 18 heavy (non-hydrogen) atoms. The number of hydrogen-bond acceptors (Lipinski definition) is 4. The molecule has 0 fully saturated rings. The normalized spacial score (nSPS) is 15.6. The van der Waals surface area contributed by atoms with Crippen molar-refractivity contribution in [3.8, 4) is 5.75 Å². The maximum atomic E-state index is 9.80. The average Bonchev–Trinajstić information content (AvgIpc) is 2.90. The number of phenols is 1. The zero-order valence-electron chi connectivity index (χ0n) is 10.2. The van der Waals surface area contributed by atoms with E-state index < -0.39 is 0 Å². The molecule has 1 aliphatic heterocycles. The second-order valence-corrected chi connectivity index (χ2v) is 5.59. The van der Waals surface area contributed by atoms with E-state index in [0.717, 1.165) is 38.0 Å². The smallest absolute Gasteiger partial charge is 0.119 e. The summed E-state index contributed by atoms with van der Waals surface area (Å²) in [7, 11) is 0. The lowest BCUT2D eigenvalue weighted by atomic mass is 9.98. The summed E-state index contributed by atoms with van der Waals surface area (Å²) in [5.41, 5.74) is 2.40. The molecular formula is C14H16N2OS. The first-order valence-corrected chi connectivity index (χ1v) is 7.02. The van der Waals surface area contributed by atoms with Crippen molar-refractivity contribution in [3.05, 3.63) is 46.5 Å². The molecular weight excluding hydrogens is 244 g/mol. The standard InChI is InChI=1S/C14H16N2OS/c17-14-3-1-2-11-10-16(9-6-13(11)14)8-5-12-4-7-15-18-12/h1-4,7,17H,5-6,8-10H2. The minimum absolute atomic E-state index is 0.453. The molecule has 0 spiro atoms. The molecule has 0 amide bonds. The van der Waals surface area contributed by atoms with Gasteiger partial charge in [0.05, 0.1) is 0 Å². The molecule has 1 aliphatic rings. The molecule has 1 N–H and O–H groups in total. The van der Waals surface area contributed by atoms with Crippen molar-refractivity contribution in [1.82, 2.24) is 9.27 Å². The third kappa shape index (κ3) is 2.40. The van der Waals surface area contributed by atoms with Crippen LogP contribution in [0.1, 0.15) is 16.0 Å². The Balaban J connectivity index is 1.64. The molecule has 1 aromatic heterocycles. The fraction of sp³-hybridized carbons (Fsp3) is 0.357. The molecule has 3 nitrogen and oxygen atoms in total. The molecule has 2 aromatic rings. The van der Waals surface area contributed by atoms with Crippen LogP contribution in [0.2, 0.25) is 0 Å². The minimum atomic E-state index is 0.453. The summed E-state index contributed by atoms with van der Waals surface area (Å²) in [6.07, 6.45) is 3.88. The molecule has 1 aromatic carbocycles. The van der Waals surface area contributed by atoms with Crippen molar-refractivity contribution in [1.29, 1.82) is 0 Å². The lowest BCUT2D eigenvalue weighted by Crippen LogP contribution is -2.32. The molecule has 0 unspecified atom stereocenters. The second-order valence-electron chi connectivity index (χ2n) is 4.67. The van der Waals surface area contributed by atoms with Gasteiger partial charge in [-0.15, -0.1) is 0 Å². The Kier molecular flexibility index (Phi) is 3.30. The van der Waals surface area contributed by atoms with Crippen LogP contribution in [0.15, 0.2) is 30.5 Å². The second kappa shape index (κ2) is 5.08. The number of rotatable bonds is 3. The molecule has 94 valence electrons. The zero-order valence-corrected chi connectivity index (χ0v) is 11.0. The van der Waals surface area contributed by atoms with Crippen molar-refractivity contribution >= 4 is 11.5 Å². The Morgan fingerprint density at radius 3 is 3.11 bits per heavy atom. The Bertz CT molecular complexity index is 525. The maximum Gasteiger partial charge on any atom is 0.119 e. The van der Waals surface area contributed by atoms with Gasteiger partial charge in [0.15, 0.2) is 0 Å². The van der Waals surface area contributed by atoms with Crippen LogP contribution < -0.4 is 0 Å². The van der Waals surface area contributed by atoms with Crippen molar-refractivity contribution in [2.75, 3.05) is 13.1 Å².